The fourth-order valence-corrected chi connectivity index (χ4v) is 5.49. The highest BCUT2D eigenvalue weighted by molar-refractivity contribution is 8.26. The van der Waals surface area contributed by atoms with Crippen LogP contribution in [0.1, 0.15) is 33.3 Å². The third kappa shape index (κ3) is 7.74. The summed E-state index contributed by atoms with van der Waals surface area (Å²) in [6.07, 6.45) is -5.43. The summed E-state index contributed by atoms with van der Waals surface area (Å²) in [5, 5.41) is 0. The lowest BCUT2D eigenvalue weighted by Crippen LogP contribution is -2.66. The number of nitrogens with zero attached hydrogens (tertiary/aromatic N) is 1. The molecule has 3 rings (SSSR count). The van der Waals surface area contributed by atoms with E-state index in [4.69, 9.17) is 45.4 Å². The fourth-order valence-electron chi connectivity index (χ4n) is 4.19. The van der Waals surface area contributed by atoms with Gasteiger partial charge in [-0.2, -0.15) is 0 Å². The summed E-state index contributed by atoms with van der Waals surface area (Å²) in [6.45, 7) is 4.04. The molecule has 2 fully saturated rings. The smallest absolute Gasteiger partial charge is 0.303 e. The average molecular weight is 612 g/mol. The third-order valence-corrected chi connectivity index (χ3v) is 7.10. The number of carbonyl (C=O) groups excluding carboxylic acids is 5. The van der Waals surface area contributed by atoms with Crippen LogP contribution in [-0.2, 0) is 47.7 Å². The molecule has 13 nitrogen and oxygen atoms in total. The Bertz CT molecular complexity index is 1260. The summed E-state index contributed by atoms with van der Waals surface area (Å²) in [4.78, 5) is 62.8. The molecule has 0 aromatic heterocycles. The van der Waals surface area contributed by atoms with Crippen LogP contribution >= 0.6 is 24.0 Å². The molecule has 2 aliphatic rings. The molecule has 1 amide bonds. The predicted octanol–water partition coefficient (Wildman–Crippen LogP) is 1.99. The SMILES string of the molecule is COc1ccc(/C=C2/SC(=S)N([C@@H]3O[C@H](COC(C)=O)[C@@H](OC(C)=O)[C@H](OC(C)=O)[C@@H]3OC(C)=O)C2=O)c(OC)c1. The number of amides is 1. The summed E-state index contributed by atoms with van der Waals surface area (Å²) in [6, 6.07) is 5.03. The molecule has 0 N–H and O–H groups in total. The van der Waals surface area contributed by atoms with Crippen molar-refractivity contribution in [2.45, 2.75) is 58.3 Å². The van der Waals surface area contributed by atoms with Crippen LogP contribution in [0.4, 0.5) is 0 Å². The molecule has 0 aliphatic carbocycles. The molecule has 15 heteroatoms. The van der Waals surface area contributed by atoms with Crippen LogP contribution < -0.4 is 9.47 Å². The van der Waals surface area contributed by atoms with Crippen LogP contribution in [0.15, 0.2) is 23.1 Å². The normalized spacial score (nSPS) is 25.0. The second-order valence-electron chi connectivity index (χ2n) is 8.75. The first-order valence-corrected chi connectivity index (χ1v) is 13.4. The number of hydrogen-bond donors (Lipinski definition) is 0. The van der Waals surface area contributed by atoms with Gasteiger partial charge in [-0.3, -0.25) is 28.9 Å². The summed E-state index contributed by atoms with van der Waals surface area (Å²) in [5.41, 5.74) is 0.551. The van der Waals surface area contributed by atoms with Crippen molar-refractivity contribution in [3.05, 3.63) is 28.7 Å². The van der Waals surface area contributed by atoms with E-state index in [-0.39, 0.29) is 9.23 Å². The number of methoxy groups -OCH3 is 2. The zero-order chi connectivity index (χ0) is 30.4. The third-order valence-electron chi connectivity index (χ3n) is 5.77. The molecule has 0 radical (unpaired) electrons. The van der Waals surface area contributed by atoms with Crippen molar-refractivity contribution in [3.63, 3.8) is 0 Å². The molecule has 0 unspecified atom stereocenters. The van der Waals surface area contributed by atoms with Crippen LogP contribution in [0.2, 0.25) is 0 Å². The molecule has 1 aromatic carbocycles. The highest BCUT2D eigenvalue weighted by Gasteiger charge is 2.56. The molecule has 0 saturated carbocycles. The summed E-state index contributed by atoms with van der Waals surface area (Å²) in [7, 11) is 2.97. The van der Waals surface area contributed by atoms with E-state index in [0.29, 0.717) is 17.1 Å². The molecule has 2 heterocycles. The summed E-state index contributed by atoms with van der Waals surface area (Å²) < 4.78 is 38.1. The van der Waals surface area contributed by atoms with Crippen LogP contribution in [0, 0.1) is 0 Å². The highest BCUT2D eigenvalue weighted by atomic mass is 32.2. The van der Waals surface area contributed by atoms with E-state index in [2.05, 4.69) is 0 Å². The van der Waals surface area contributed by atoms with Crippen molar-refractivity contribution in [2.75, 3.05) is 20.8 Å². The van der Waals surface area contributed by atoms with Gasteiger partial charge < -0.3 is 33.2 Å². The second kappa shape index (κ2) is 13.8. The van der Waals surface area contributed by atoms with Gasteiger partial charge in [-0.1, -0.05) is 24.0 Å². The van der Waals surface area contributed by atoms with Gasteiger partial charge in [0.15, 0.2) is 28.9 Å². The molecular weight excluding hydrogens is 582 g/mol. The maximum Gasteiger partial charge on any atom is 0.303 e. The van der Waals surface area contributed by atoms with E-state index >= 15 is 0 Å². The summed E-state index contributed by atoms with van der Waals surface area (Å²) in [5.74, 6) is -2.67. The fraction of sp³-hybridized carbons (Fsp3) is 0.462. The minimum absolute atomic E-state index is 0.0367. The lowest BCUT2D eigenvalue weighted by Gasteiger charge is -2.46. The van der Waals surface area contributed by atoms with Crippen molar-refractivity contribution < 1.29 is 57.1 Å². The Morgan fingerprint density at radius 1 is 0.927 bits per heavy atom. The Balaban J connectivity index is 2.07. The number of benzene rings is 1. The van der Waals surface area contributed by atoms with Crippen LogP contribution in [0.25, 0.3) is 6.08 Å². The van der Waals surface area contributed by atoms with Gasteiger partial charge >= 0.3 is 23.9 Å². The van der Waals surface area contributed by atoms with Crippen molar-refractivity contribution in [2.24, 2.45) is 0 Å². The van der Waals surface area contributed by atoms with E-state index in [1.54, 1.807) is 24.3 Å². The van der Waals surface area contributed by atoms with Gasteiger partial charge in [-0.25, -0.2) is 0 Å². The first-order valence-electron chi connectivity index (χ1n) is 12.2. The minimum Gasteiger partial charge on any atom is -0.497 e. The van der Waals surface area contributed by atoms with E-state index in [0.717, 1.165) is 44.4 Å². The Kier molecular flexibility index (Phi) is 10.7. The topological polar surface area (TPSA) is 153 Å². The van der Waals surface area contributed by atoms with Crippen LogP contribution in [0.3, 0.4) is 0 Å². The van der Waals surface area contributed by atoms with E-state index < -0.39 is 67.0 Å². The number of thiocarbonyl (C=S) groups is 1. The maximum atomic E-state index is 13.7. The number of hydrogen-bond acceptors (Lipinski definition) is 14. The number of carbonyl (C=O) groups is 5. The Morgan fingerprint density at radius 2 is 1.54 bits per heavy atom. The Morgan fingerprint density at radius 3 is 2.10 bits per heavy atom. The molecule has 2 saturated heterocycles. The molecule has 2 aliphatic heterocycles. The van der Waals surface area contributed by atoms with Gasteiger partial charge in [0.25, 0.3) is 5.91 Å². The lowest BCUT2D eigenvalue weighted by molar-refractivity contribution is -0.268. The van der Waals surface area contributed by atoms with Gasteiger partial charge in [0, 0.05) is 39.3 Å². The Hall–Kier alpha value is -3.69. The first kappa shape index (κ1) is 31.8. The molecule has 41 heavy (non-hydrogen) atoms. The molecule has 0 spiro atoms. The van der Waals surface area contributed by atoms with Crippen molar-refractivity contribution >= 4 is 64.2 Å². The second-order valence-corrected chi connectivity index (χ2v) is 10.4. The predicted molar refractivity (Wildman–Crippen MR) is 147 cm³/mol. The van der Waals surface area contributed by atoms with E-state index in [9.17, 15) is 24.0 Å². The van der Waals surface area contributed by atoms with Crippen molar-refractivity contribution in [3.8, 4) is 11.5 Å². The van der Waals surface area contributed by atoms with Crippen molar-refractivity contribution in [1.29, 1.82) is 0 Å². The molecular formula is C26H29NO12S2. The van der Waals surface area contributed by atoms with Gasteiger partial charge in [-0.15, -0.1) is 0 Å². The molecule has 5 atom stereocenters. The molecule has 0 bridgehead atoms. The average Bonchev–Trinajstić information content (AvgIpc) is 3.16. The van der Waals surface area contributed by atoms with Crippen LogP contribution in [-0.4, -0.2) is 90.5 Å². The van der Waals surface area contributed by atoms with E-state index in [1.807, 2.05) is 0 Å². The lowest BCUT2D eigenvalue weighted by atomic mass is 9.96. The molecule has 1 aromatic rings. The first-order chi connectivity index (χ1) is 19.4. The number of esters is 4. The standard InChI is InChI=1S/C26H29NO12S2/c1-12(28)35-11-19-21(36-13(2)29)22(37-14(3)30)23(38-15(4)31)25(39-19)27-24(32)20(41-26(27)40)9-16-7-8-17(33-5)10-18(16)34-6/h7-10,19,21-23,25H,11H2,1-6H3/b20-9+/t19-,21-,22+,23+,25-/m1/s1. The zero-order valence-corrected chi connectivity index (χ0v) is 24.7. The van der Waals surface area contributed by atoms with Gasteiger partial charge in [0.1, 0.15) is 24.2 Å². The van der Waals surface area contributed by atoms with Crippen LogP contribution in [0.5, 0.6) is 11.5 Å². The van der Waals surface area contributed by atoms with Gasteiger partial charge in [-0.05, 0) is 18.2 Å². The maximum absolute atomic E-state index is 13.7. The molecule has 222 valence electrons. The Labute approximate surface area is 245 Å². The monoisotopic (exact) mass is 611 g/mol. The summed E-state index contributed by atoms with van der Waals surface area (Å²) >= 11 is 6.46. The highest BCUT2D eigenvalue weighted by Crippen LogP contribution is 2.40. The minimum atomic E-state index is -1.48. The quantitative estimate of drug-likeness (QED) is 0.173. The van der Waals surface area contributed by atoms with Gasteiger partial charge in [0.2, 0.25) is 0 Å². The van der Waals surface area contributed by atoms with Gasteiger partial charge in [0.05, 0.1) is 19.1 Å². The number of thioether (sulfide) groups is 1. The number of ether oxygens (including phenoxy) is 7. The number of rotatable bonds is 9. The largest absolute Gasteiger partial charge is 0.497 e. The van der Waals surface area contributed by atoms with Crippen molar-refractivity contribution in [1.82, 2.24) is 4.90 Å². The van der Waals surface area contributed by atoms with E-state index in [1.165, 1.54) is 14.2 Å². The zero-order valence-electron chi connectivity index (χ0n) is 23.1.